The molecule has 96 valence electrons. The number of nitrogens with one attached hydrogen (secondary N) is 1. The predicted molar refractivity (Wildman–Crippen MR) is 64.4 cm³/mol. The minimum atomic E-state index is -4.51. The average molecular weight is 270 g/mol. The van der Waals surface area contributed by atoms with Gasteiger partial charge in [0, 0.05) is 7.05 Å². The fourth-order valence-electron chi connectivity index (χ4n) is 1.75. The van der Waals surface area contributed by atoms with Crippen LogP contribution in [0.4, 0.5) is 0 Å². The van der Waals surface area contributed by atoms with E-state index in [1.165, 1.54) is 13.1 Å². The SMILES string of the molecule is Cc1ccc(S(=O)(=O)O)c2[nH]c(=O)n(C)c(=O)c12. The predicted octanol–water partition coefficient (Wildman–Crippen LogP) is -0.218. The molecule has 2 rings (SSSR count). The van der Waals surface area contributed by atoms with E-state index in [0.717, 1.165) is 10.6 Å². The van der Waals surface area contributed by atoms with Crippen LogP contribution in [0.1, 0.15) is 5.56 Å². The molecule has 0 aliphatic heterocycles. The van der Waals surface area contributed by atoms with Crippen LogP contribution < -0.4 is 11.2 Å². The van der Waals surface area contributed by atoms with Gasteiger partial charge in [-0.2, -0.15) is 8.42 Å². The molecule has 1 aromatic heterocycles. The van der Waals surface area contributed by atoms with Crippen LogP contribution in [0.15, 0.2) is 26.6 Å². The highest BCUT2D eigenvalue weighted by Crippen LogP contribution is 2.20. The summed E-state index contributed by atoms with van der Waals surface area (Å²) in [6.07, 6.45) is 0. The van der Waals surface area contributed by atoms with E-state index in [2.05, 4.69) is 4.98 Å². The second-order valence-electron chi connectivity index (χ2n) is 3.90. The summed E-state index contributed by atoms with van der Waals surface area (Å²) in [7, 11) is -3.23. The molecule has 8 heteroatoms. The van der Waals surface area contributed by atoms with Gasteiger partial charge < -0.3 is 4.98 Å². The van der Waals surface area contributed by atoms with E-state index in [-0.39, 0.29) is 10.9 Å². The van der Waals surface area contributed by atoms with Gasteiger partial charge in [-0.1, -0.05) is 6.07 Å². The van der Waals surface area contributed by atoms with Gasteiger partial charge in [-0.3, -0.25) is 13.9 Å². The number of hydrogen-bond donors (Lipinski definition) is 2. The fraction of sp³-hybridized carbons (Fsp3) is 0.200. The molecule has 1 heterocycles. The Balaban J connectivity index is 3.20. The zero-order chi connectivity index (χ0) is 13.7. The summed E-state index contributed by atoms with van der Waals surface area (Å²) in [6.45, 7) is 1.61. The molecule has 18 heavy (non-hydrogen) atoms. The maximum absolute atomic E-state index is 11.9. The number of nitrogens with zero attached hydrogens (tertiary/aromatic N) is 1. The second kappa shape index (κ2) is 3.79. The Hall–Kier alpha value is -1.93. The molecule has 2 N–H and O–H groups in total. The Morgan fingerprint density at radius 1 is 1.28 bits per heavy atom. The molecule has 0 radical (unpaired) electrons. The van der Waals surface area contributed by atoms with Crippen molar-refractivity contribution >= 4 is 21.0 Å². The summed E-state index contributed by atoms with van der Waals surface area (Å²) in [5.74, 6) is 0. The molecule has 0 spiro atoms. The van der Waals surface area contributed by atoms with Crippen molar-refractivity contribution in [3.63, 3.8) is 0 Å². The van der Waals surface area contributed by atoms with Crippen LogP contribution in [0.5, 0.6) is 0 Å². The van der Waals surface area contributed by atoms with Gasteiger partial charge >= 0.3 is 5.69 Å². The van der Waals surface area contributed by atoms with E-state index in [0.29, 0.717) is 5.56 Å². The lowest BCUT2D eigenvalue weighted by molar-refractivity contribution is 0.484. The van der Waals surface area contributed by atoms with Crippen molar-refractivity contribution in [3.05, 3.63) is 38.5 Å². The normalized spacial score (nSPS) is 11.9. The molecule has 0 aliphatic rings. The van der Waals surface area contributed by atoms with Crippen molar-refractivity contribution in [2.75, 3.05) is 0 Å². The van der Waals surface area contributed by atoms with Crippen molar-refractivity contribution in [1.82, 2.24) is 9.55 Å². The highest BCUT2D eigenvalue weighted by Gasteiger charge is 2.18. The number of hydrogen-bond acceptors (Lipinski definition) is 4. The first-order valence-electron chi connectivity index (χ1n) is 4.93. The van der Waals surface area contributed by atoms with Crippen LogP contribution >= 0.6 is 0 Å². The topological polar surface area (TPSA) is 109 Å². The zero-order valence-corrected chi connectivity index (χ0v) is 10.4. The van der Waals surface area contributed by atoms with Crippen molar-refractivity contribution in [1.29, 1.82) is 0 Å². The molecule has 0 atom stereocenters. The summed E-state index contributed by atoms with van der Waals surface area (Å²) in [4.78, 5) is 25.2. The van der Waals surface area contributed by atoms with Crippen molar-refractivity contribution in [3.8, 4) is 0 Å². The zero-order valence-electron chi connectivity index (χ0n) is 9.59. The lowest BCUT2D eigenvalue weighted by atomic mass is 10.1. The highest BCUT2D eigenvalue weighted by atomic mass is 32.2. The number of H-pyrrole nitrogens is 1. The first kappa shape index (κ1) is 12.5. The molecular weight excluding hydrogens is 260 g/mol. The lowest BCUT2D eigenvalue weighted by Crippen LogP contribution is -2.33. The van der Waals surface area contributed by atoms with Gasteiger partial charge in [0.2, 0.25) is 0 Å². The summed E-state index contributed by atoms with van der Waals surface area (Å²) in [5.41, 5.74) is -1.03. The molecule has 0 amide bonds. The Labute approximate surface area is 101 Å². The maximum atomic E-state index is 11.9. The Bertz CT molecular complexity index is 860. The third-order valence-corrected chi connectivity index (χ3v) is 3.60. The van der Waals surface area contributed by atoms with E-state index in [9.17, 15) is 18.0 Å². The smallest absolute Gasteiger partial charge is 0.305 e. The third-order valence-electron chi connectivity index (χ3n) is 2.71. The monoisotopic (exact) mass is 270 g/mol. The first-order valence-corrected chi connectivity index (χ1v) is 6.37. The summed E-state index contributed by atoms with van der Waals surface area (Å²) in [6, 6.07) is 2.54. The van der Waals surface area contributed by atoms with Gasteiger partial charge in [-0.05, 0) is 18.6 Å². The van der Waals surface area contributed by atoms with Crippen molar-refractivity contribution < 1.29 is 13.0 Å². The number of benzene rings is 1. The quantitative estimate of drug-likeness (QED) is 0.696. The second-order valence-corrected chi connectivity index (χ2v) is 5.29. The van der Waals surface area contributed by atoms with E-state index in [1.54, 1.807) is 6.92 Å². The molecule has 0 unspecified atom stereocenters. The lowest BCUT2D eigenvalue weighted by Gasteiger charge is -2.07. The average Bonchev–Trinajstić information content (AvgIpc) is 2.24. The van der Waals surface area contributed by atoms with E-state index < -0.39 is 26.3 Å². The maximum Gasteiger partial charge on any atom is 0.328 e. The summed E-state index contributed by atoms with van der Waals surface area (Å²) in [5, 5.41) is 0.0622. The van der Waals surface area contributed by atoms with Crippen LogP contribution in [0.3, 0.4) is 0 Å². The summed E-state index contributed by atoms with van der Waals surface area (Å²) >= 11 is 0. The van der Waals surface area contributed by atoms with Crippen LogP contribution in [-0.2, 0) is 17.2 Å². The Kier molecular flexibility index (Phi) is 2.63. The summed E-state index contributed by atoms with van der Waals surface area (Å²) < 4.78 is 32.3. The van der Waals surface area contributed by atoms with E-state index in [4.69, 9.17) is 4.55 Å². The molecule has 0 aliphatic carbocycles. The largest absolute Gasteiger partial charge is 0.328 e. The number of aromatic nitrogens is 2. The van der Waals surface area contributed by atoms with E-state index >= 15 is 0 Å². The molecule has 0 saturated carbocycles. The van der Waals surface area contributed by atoms with Crippen LogP contribution in [0.2, 0.25) is 0 Å². The van der Waals surface area contributed by atoms with Gasteiger partial charge in [-0.15, -0.1) is 0 Å². The Morgan fingerprint density at radius 3 is 2.44 bits per heavy atom. The minimum absolute atomic E-state index is 0.0622. The van der Waals surface area contributed by atoms with Gasteiger partial charge in [-0.25, -0.2) is 4.79 Å². The van der Waals surface area contributed by atoms with Gasteiger partial charge in [0.1, 0.15) is 4.90 Å². The number of aromatic amines is 1. The third kappa shape index (κ3) is 1.75. The van der Waals surface area contributed by atoms with E-state index in [1.807, 2.05) is 0 Å². The molecule has 7 nitrogen and oxygen atoms in total. The van der Waals surface area contributed by atoms with Crippen LogP contribution in [0.25, 0.3) is 10.9 Å². The molecule has 0 saturated heterocycles. The molecular formula is C10H10N2O5S. The van der Waals surface area contributed by atoms with Gasteiger partial charge in [0.25, 0.3) is 15.7 Å². The van der Waals surface area contributed by atoms with Crippen molar-refractivity contribution in [2.24, 2.45) is 7.05 Å². The molecule has 0 bridgehead atoms. The van der Waals surface area contributed by atoms with Crippen LogP contribution in [-0.4, -0.2) is 22.5 Å². The number of aryl methyl sites for hydroxylation is 1. The fourth-order valence-corrected chi connectivity index (χ4v) is 2.40. The minimum Gasteiger partial charge on any atom is -0.305 e. The van der Waals surface area contributed by atoms with Gasteiger partial charge in [0.05, 0.1) is 10.9 Å². The number of rotatable bonds is 1. The molecule has 0 fully saturated rings. The van der Waals surface area contributed by atoms with Crippen LogP contribution in [0, 0.1) is 6.92 Å². The standard InChI is InChI=1S/C10H10N2O5S/c1-5-3-4-6(18(15,16)17)8-7(5)9(13)12(2)10(14)11-8/h3-4H,1-2H3,(H,11,14)(H,15,16,17). The molecule has 1 aromatic carbocycles. The first-order chi connectivity index (χ1) is 8.23. The number of fused-ring (bicyclic) bond motifs is 1. The Morgan fingerprint density at radius 2 is 1.89 bits per heavy atom. The molecule has 2 aromatic rings. The van der Waals surface area contributed by atoms with Gasteiger partial charge in [0.15, 0.2) is 0 Å². The highest BCUT2D eigenvalue weighted by molar-refractivity contribution is 7.86. The van der Waals surface area contributed by atoms with Crippen molar-refractivity contribution in [2.45, 2.75) is 11.8 Å².